The van der Waals surface area contributed by atoms with Crippen LogP contribution in [0.5, 0.6) is 5.75 Å². The van der Waals surface area contributed by atoms with Crippen molar-refractivity contribution in [1.29, 1.82) is 0 Å². The summed E-state index contributed by atoms with van der Waals surface area (Å²) in [5, 5.41) is 0. The highest BCUT2D eigenvalue weighted by Crippen LogP contribution is 2.57. The van der Waals surface area contributed by atoms with Gasteiger partial charge in [0.1, 0.15) is 11.9 Å². The molecule has 56 heavy (non-hydrogen) atoms. The highest BCUT2D eigenvalue weighted by atomic mass is 16.5. The lowest BCUT2D eigenvalue weighted by Gasteiger charge is -2.48. The van der Waals surface area contributed by atoms with E-state index in [0.29, 0.717) is 29.6 Å². The van der Waals surface area contributed by atoms with Gasteiger partial charge in [-0.3, -0.25) is 0 Å². The van der Waals surface area contributed by atoms with Crippen LogP contribution in [0.3, 0.4) is 0 Å². The molecule has 3 aromatic rings. The number of hydrogen-bond donors (Lipinski definition) is 0. The molecule has 0 fully saturated rings. The summed E-state index contributed by atoms with van der Waals surface area (Å²) >= 11 is 0. The van der Waals surface area contributed by atoms with Gasteiger partial charge in [0.25, 0.3) is 0 Å². The van der Waals surface area contributed by atoms with Gasteiger partial charge in [0.2, 0.25) is 0 Å². The van der Waals surface area contributed by atoms with Gasteiger partial charge < -0.3 is 9.64 Å². The number of para-hydroxylation sites is 1. The molecule has 6 aliphatic carbocycles. The minimum Gasteiger partial charge on any atom is -0.488 e. The molecule has 2 heteroatoms. The molecule has 0 radical (unpaired) electrons. The van der Waals surface area contributed by atoms with Crippen LogP contribution in [0.4, 0.5) is 5.69 Å². The summed E-state index contributed by atoms with van der Waals surface area (Å²) in [6.07, 6.45) is 46.4. The van der Waals surface area contributed by atoms with Crippen molar-refractivity contribution in [1.82, 2.24) is 0 Å². The molecule has 0 saturated heterocycles. The Kier molecular flexibility index (Phi) is 9.01. The quantitative estimate of drug-likeness (QED) is 0.225. The standard InChI is InChI=1S/C54H51NO/c1-37-16-6-8-23-44(37)40-31-33-42(34-32-40)55(43-22-12-21-41(36-43)46-25-13-20-38-19-7-9-24-45(38)46)51-30-10-11-35-54(51,2)50-29-15-28-49-48-27-14-26-47(52(48)56-53(49)50)39-17-4-3-5-18-39/h3-15,17-27,29-31,33-34,36-38,40,45,49-50,53H,16,28,32,35H2,1-2H3. The first-order valence-electron chi connectivity index (χ1n) is 20.8. The van der Waals surface area contributed by atoms with Gasteiger partial charge in [-0.15, -0.1) is 0 Å². The van der Waals surface area contributed by atoms with Crippen LogP contribution in [0.1, 0.15) is 56.6 Å². The second-order valence-corrected chi connectivity index (χ2v) is 16.9. The van der Waals surface area contributed by atoms with Crippen LogP contribution in [0.2, 0.25) is 0 Å². The van der Waals surface area contributed by atoms with Crippen LogP contribution in [0, 0.1) is 35.0 Å². The molecule has 0 aromatic heterocycles. The highest BCUT2D eigenvalue weighted by Gasteiger charge is 2.51. The second kappa shape index (κ2) is 14.5. The number of rotatable bonds is 7. The van der Waals surface area contributed by atoms with Crippen LogP contribution in [0.15, 0.2) is 199 Å². The van der Waals surface area contributed by atoms with Crippen molar-refractivity contribution in [3.8, 4) is 16.9 Å². The van der Waals surface area contributed by atoms with Crippen molar-refractivity contribution < 1.29 is 4.74 Å². The maximum Gasteiger partial charge on any atom is 0.131 e. The van der Waals surface area contributed by atoms with E-state index in [0.717, 1.165) is 31.4 Å². The zero-order valence-corrected chi connectivity index (χ0v) is 32.5. The number of allylic oxidation sites excluding steroid dienone is 20. The van der Waals surface area contributed by atoms with E-state index in [1.165, 1.54) is 44.9 Å². The predicted molar refractivity (Wildman–Crippen MR) is 234 cm³/mol. The van der Waals surface area contributed by atoms with Crippen molar-refractivity contribution in [2.45, 2.75) is 51.6 Å². The van der Waals surface area contributed by atoms with Gasteiger partial charge in [0, 0.05) is 63.2 Å². The molecule has 1 aliphatic heterocycles. The minimum atomic E-state index is -0.231. The molecule has 0 amide bonds. The maximum absolute atomic E-state index is 7.26. The zero-order chi connectivity index (χ0) is 37.6. The van der Waals surface area contributed by atoms with Crippen molar-refractivity contribution in [3.05, 3.63) is 210 Å². The number of fused-ring (bicyclic) bond motifs is 4. The average Bonchev–Trinajstić information content (AvgIpc) is 3.64. The zero-order valence-electron chi connectivity index (χ0n) is 32.5. The van der Waals surface area contributed by atoms with E-state index < -0.39 is 0 Å². The van der Waals surface area contributed by atoms with Crippen molar-refractivity contribution in [2.24, 2.45) is 35.0 Å². The van der Waals surface area contributed by atoms with Gasteiger partial charge in [-0.2, -0.15) is 0 Å². The van der Waals surface area contributed by atoms with E-state index in [2.05, 4.69) is 201 Å². The van der Waals surface area contributed by atoms with Gasteiger partial charge in [-0.05, 0) is 72.6 Å². The lowest BCUT2D eigenvalue weighted by Crippen LogP contribution is -2.46. The van der Waals surface area contributed by atoms with Crippen molar-refractivity contribution >= 4 is 11.3 Å². The topological polar surface area (TPSA) is 12.5 Å². The molecule has 1 heterocycles. The summed E-state index contributed by atoms with van der Waals surface area (Å²) in [6.45, 7) is 4.87. The second-order valence-electron chi connectivity index (χ2n) is 16.9. The Labute approximate surface area is 333 Å². The minimum absolute atomic E-state index is 0.0447. The van der Waals surface area contributed by atoms with Crippen LogP contribution in [-0.4, -0.2) is 6.10 Å². The molecule has 278 valence electrons. The maximum atomic E-state index is 7.26. The summed E-state index contributed by atoms with van der Waals surface area (Å²) in [5.74, 6) is 3.29. The lowest BCUT2D eigenvalue weighted by molar-refractivity contribution is 0.0854. The van der Waals surface area contributed by atoms with Gasteiger partial charge in [-0.25, -0.2) is 0 Å². The van der Waals surface area contributed by atoms with Gasteiger partial charge >= 0.3 is 0 Å². The first-order valence-corrected chi connectivity index (χ1v) is 20.8. The van der Waals surface area contributed by atoms with E-state index in [1.54, 1.807) is 5.57 Å². The molecule has 0 N–H and O–H groups in total. The Bertz CT molecular complexity index is 2370. The first kappa shape index (κ1) is 34.9. The van der Waals surface area contributed by atoms with Crippen LogP contribution in [-0.2, 0) is 0 Å². The number of nitrogens with zero attached hydrogens (tertiary/aromatic N) is 1. The lowest BCUT2D eigenvalue weighted by atomic mass is 9.63. The highest BCUT2D eigenvalue weighted by molar-refractivity contribution is 5.77. The molecule has 3 aromatic carbocycles. The fraction of sp³-hybridized carbons (Fsp3) is 0.259. The van der Waals surface area contributed by atoms with Crippen molar-refractivity contribution in [2.75, 3.05) is 4.90 Å². The number of ether oxygens (including phenoxy) is 1. The third-order valence-electron chi connectivity index (χ3n) is 13.6. The number of anilines is 1. The molecule has 0 bridgehead atoms. The summed E-state index contributed by atoms with van der Waals surface area (Å²) in [6, 6.07) is 26.8. The number of benzene rings is 3. The fourth-order valence-corrected chi connectivity index (χ4v) is 10.6. The van der Waals surface area contributed by atoms with E-state index in [4.69, 9.17) is 4.74 Å². The fourth-order valence-electron chi connectivity index (χ4n) is 10.6. The average molecular weight is 730 g/mol. The van der Waals surface area contributed by atoms with Crippen LogP contribution in [0.25, 0.3) is 16.7 Å². The van der Waals surface area contributed by atoms with Gasteiger partial charge in [-0.1, -0.05) is 177 Å². The van der Waals surface area contributed by atoms with Gasteiger partial charge in [0.05, 0.1) is 0 Å². The van der Waals surface area contributed by atoms with E-state index >= 15 is 0 Å². The molecule has 0 spiro atoms. The normalized spacial score (nSPS) is 30.7. The summed E-state index contributed by atoms with van der Waals surface area (Å²) in [7, 11) is 0. The van der Waals surface area contributed by atoms with Crippen LogP contribution >= 0.6 is 0 Å². The third kappa shape index (κ3) is 6.02. The molecular formula is C54H51NO. The monoisotopic (exact) mass is 729 g/mol. The Morgan fingerprint density at radius 1 is 0.714 bits per heavy atom. The Hall–Kier alpha value is -5.60. The largest absolute Gasteiger partial charge is 0.488 e. The predicted octanol–water partition coefficient (Wildman–Crippen LogP) is 13.4. The molecule has 10 rings (SSSR count). The van der Waals surface area contributed by atoms with E-state index in [-0.39, 0.29) is 17.4 Å². The number of hydrogen-bond acceptors (Lipinski definition) is 2. The van der Waals surface area contributed by atoms with E-state index in [9.17, 15) is 0 Å². The summed E-state index contributed by atoms with van der Waals surface area (Å²) in [4.78, 5) is 2.60. The molecule has 8 unspecified atom stereocenters. The molecule has 7 aliphatic rings. The third-order valence-corrected chi connectivity index (χ3v) is 13.6. The smallest absolute Gasteiger partial charge is 0.131 e. The molecule has 0 saturated carbocycles. The Morgan fingerprint density at radius 2 is 1.55 bits per heavy atom. The van der Waals surface area contributed by atoms with Gasteiger partial charge in [0.15, 0.2) is 0 Å². The SMILES string of the molecule is CC1CC=CC=C1C1C=CC(N(C2=CC=CCC2(C)C2C=CCC3c4cccc(-c5ccccc5)c4OC32)c2cccc(C3=CC=CC4C=CC=CC34)c2)=CC1. The summed E-state index contributed by atoms with van der Waals surface area (Å²) in [5.41, 5.74) is 11.5. The molecule has 2 nitrogen and oxygen atoms in total. The Morgan fingerprint density at radius 3 is 2.43 bits per heavy atom. The van der Waals surface area contributed by atoms with Crippen LogP contribution < -0.4 is 9.64 Å². The molecule has 8 atom stereocenters. The molecular weight excluding hydrogens is 679 g/mol. The van der Waals surface area contributed by atoms with E-state index in [1.807, 2.05) is 0 Å². The summed E-state index contributed by atoms with van der Waals surface area (Å²) < 4.78 is 7.26. The van der Waals surface area contributed by atoms with Crippen molar-refractivity contribution in [3.63, 3.8) is 0 Å². The first-order chi connectivity index (χ1) is 27.6. The Balaban J connectivity index is 1.05.